The second-order valence-electron chi connectivity index (χ2n) is 13.4. The fraction of sp³-hybridized carbons (Fsp3) is 0.0870. The molecule has 0 aliphatic heterocycles. The van der Waals surface area contributed by atoms with Crippen molar-refractivity contribution in [1.82, 2.24) is 0 Å². The molecule has 0 atom stereocenters. The van der Waals surface area contributed by atoms with Gasteiger partial charge in [-0.2, -0.15) is 0 Å². The summed E-state index contributed by atoms with van der Waals surface area (Å²) in [5.74, 6) is 0.925. The number of nitrogens with zero attached hydrogens (tertiary/aromatic N) is 1. The van der Waals surface area contributed by atoms with Crippen LogP contribution >= 0.6 is 0 Å². The van der Waals surface area contributed by atoms with Gasteiger partial charge in [0.15, 0.2) is 0 Å². The average Bonchev–Trinajstić information content (AvgIpc) is 3.54. The van der Waals surface area contributed by atoms with Crippen molar-refractivity contribution in [2.75, 3.05) is 4.90 Å². The summed E-state index contributed by atoms with van der Waals surface area (Å²) in [6.07, 6.45) is 0. The standard InChI is InChI=1S/C46H37NO/c1-46(2,3)44-41-21-10-12-23-43(41)48-45(44)37-18-13-19-38(31-37)47(39-29-28-33-16-7-8-17-36(33)30-39)42-22-11-9-20-40(42)35-26-24-34(25-27-35)32-14-5-4-6-15-32/h4-31H,1-3H3. The summed E-state index contributed by atoms with van der Waals surface area (Å²) < 4.78 is 6.64. The Kier molecular flexibility index (Phi) is 7.42. The quantitative estimate of drug-likeness (QED) is 0.184. The molecule has 1 heterocycles. The molecule has 0 amide bonds. The Hall–Kier alpha value is -5.86. The lowest BCUT2D eigenvalue weighted by atomic mass is 9.83. The van der Waals surface area contributed by atoms with E-state index in [9.17, 15) is 0 Å². The highest BCUT2D eigenvalue weighted by molar-refractivity contribution is 5.94. The van der Waals surface area contributed by atoms with Crippen LogP contribution in [0.1, 0.15) is 26.3 Å². The van der Waals surface area contributed by atoms with E-state index in [2.05, 4.69) is 189 Å². The van der Waals surface area contributed by atoms with Gasteiger partial charge in [0.2, 0.25) is 0 Å². The van der Waals surface area contributed by atoms with Crippen LogP contribution in [0.25, 0.3) is 55.3 Å². The van der Waals surface area contributed by atoms with Crippen molar-refractivity contribution in [3.05, 3.63) is 175 Å². The number of hydrogen-bond donors (Lipinski definition) is 0. The molecule has 8 aromatic rings. The molecule has 7 aromatic carbocycles. The number of rotatable bonds is 6. The molecule has 48 heavy (non-hydrogen) atoms. The highest BCUT2D eigenvalue weighted by Crippen LogP contribution is 2.45. The molecule has 0 spiro atoms. The van der Waals surface area contributed by atoms with E-state index in [1.54, 1.807) is 0 Å². The maximum Gasteiger partial charge on any atom is 0.139 e. The molecule has 0 fully saturated rings. The molecule has 232 valence electrons. The van der Waals surface area contributed by atoms with E-state index in [1.165, 1.54) is 38.4 Å². The van der Waals surface area contributed by atoms with Crippen molar-refractivity contribution in [1.29, 1.82) is 0 Å². The maximum atomic E-state index is 6.64. The molecular weight excluding hydrogens is 583 g/mol. The number of anilines is 3. The molecule has 0 aliphatic carbocycles. The molecule has 0 unspecified atom stereocenters. The lowest BCUT2D eigenvalue weighted by Gasteiger charge is -2.29. The maximum absolute atomic E-state index is 6.64. The minimum atomic E-state index is -0.103. The molecule has 0 bridgehead atoms. The Bertz CT molecular complexity index is 2380. The van der Waals surface area contributed by atoms with Crippen LogP contribution in [0.5, 0.6) is 0 Å². The highest BCUT2D eigenvalue weighted by Gasteiger charge is 2.27. The first-order chi connectivity index (χ1) is 23.4. The van der Waals surface area contributed by atoms with Gasteiger partial charge >= 0.3 is 0 Å². The summed E-state index contributed by atoms with van der Waals surface area (Å²) in [4.78, 5) is 2.38. The second kappa shape index (κ2) is 12.1. The van der Waals surface area contributed by atoms with Crippen LogP contribution in [0.4, 0.5) is 17.1 Å². The van der Waals surface area contributed by atoms with Crippen molar-refractivity contribution in [2.45, 2.75) is 26.2 Å². The fourth-order valence-corrected chi connectivity index (χ4v) is 6.91. The van der Waals surface area contributed by atoms with Gasteiger partial charge in [-0.1, -0.05) is 154 Å². The van der Waals surface area contributed by atoms with Gasteiger partial charge in [-0.15, -0.1) is 0 Å². The average molecular weight is 620 g/mol. The van der Waals surface area contributed by atoms with Crippen molar-refractivity contribution in [3.63, 3.8) is 0 Å². The Balaban J connectivity index is 1.31. The Morgan fingerprint density at radius 1 is 0.458 bits per heavy atom. The van der Waals surface area contributed by atoms with Crippen LogP contribution in [0, 0.1) is 0 Å². The zero-order valence-electron chi connectivity index (χ0n) is 27.5. The summed E-state index contributed by atoms with van der Waals surface area (Å²) in [6.45, 7) is 6.79. The van der Waals surface area contributed by atoms with Crippen LogP contribution in [0.15, 0.2) is 174 Å². The first-order valence-corrected chi connectivity index (χ1v) is 16.6. The number of furan rings is 1. The van der Waals surface area contributed by atoms with Gasteiger partial charge in [0.25, 0.3) is 0 Å². The minimum absolute atomic E-state index is 0.103. The van der Waals surface area contributed by atoms with Gasteiger partial charge in [-0.3, -0.25) is 0 Å². The van der Waals surface area contributed by atoms with Gasteiger partial charge < -0.3 is 9.32 Å². The third-order valence-electron chi connectivity index (χ3n) is 9.15. The van der Waals surface area contributed by atoms with Gasteiger partial charge in [0, 0.05) is 33.5 Å². The SMILES string of the molecule is CC(C)(C)c1c(-c2cccc(N(c3ccc4ccccc4c3)c3ccccc3-c3ccc(-c4ccccc4)cc3)c2)oc2ccccc12. The van der Waals surface area contributed by atoms with E-state index in [4.69, 9.17) is 4.42 Å². The number of benzene rings is 7. The van der Waals surface area contributed by atoms with Crippen LogP contribution in [-0.2, 0) is 5.41 Å². The molecule has 0 N–H and O–H groups in total. The van der Waals surface area contributed by atoms with E-state index >= 15 is 0 Å². The molecule has 0 saturated carbocycles. The Labute approximate surface area is 282 Å². The summed E-state index contributed by atoms with van der Waals surface area (Å²) in [5.41, 5.74) is 11.1. The van der Waals surface area contributed by atoms with Crippen molar-refractivity contribution in [2.24, 2.45) is 0 Å². The van der Waals surface area contributed by atoms with E-state index < -0.39 is 0 Å². The topological polar surface area (TPSA) is 16.4 Å². The van der Waals surface area contributed by atoms with Crippen molar-refractivity contribution in [3.8, 4) is 33.6 Å². The lowest BCUT2D eigenvalue weighted by molar-refractivity contribution is 0.568. The molecule has 2 heteroatoms. The zero-order valence-corrected chi connectivity index (χ0v) is 27.5. The van der Waals surface area contributed by atoms with Crippen LogP contribution in [-0.4, -0.2) is 0 Å². The van der Waals surface area contributed by atoms with Crippen molar-refractivity contribution < 1.29 is 4.42 Å². The normalized spacial score (nSPS) is 11.6. The Morgan fingerprint density at radius 2 is 1.08 bits per heavy atom. The third-order valence-corrected chi connectivity index (χ3v) is 9.15. The Morgan fingerprint density at radius 3 is 1.90 bits per heavy atom. The predicted molar refractivity (Wildman–Crippen MR) is 203 cm³/mol. The summed E-state index contributed by atoms with van der Waals surface area (Å²) >= 11 is 0. The summed E-state index contributed by atoms with van der Waals surface area (Å²) in [6, 6.07) is 60.6. The van der Waals surface area contributed by atoms with Crippen LogP contribution in [0.3, 0.4) is 0 Å². The molecule has 0 radical (unpaired) electrons. The van der Waals surface area contributed by atoms with Crippen LogP contribution < -0.4 is 4.90 Å². The zero-order chi connectivity index (χ0) is 32.7. The molecule has 0 aliphatic rings. The van der Waals surface area contributed by atoms with Gasteiger partial charge in [-0.05, 0) is 69.3 Å². The summed E-state index contributed by atoms with van der Waals surface area (Å²) in [5, 5.41) is 3.59. The molecule has 0 saturated heterocycles. The molecule has 8 rings (SSSR count). The molecule has 1 aromatic heterocycles. The highest BCUT2D eigenvalue weighted by atomic mass is 16.3. The number of para-hydroxylation sites is 2. The molecular formula is C46H37NO. The van der Waals surface area contributed by atoms with Crippen molar-refractivity contribution >= 4 is 38.8 Å². The summed E-state index contributed by atoms with van der Waals surface area (Å²) in [7, 11) is 0. The van der Waals surface area contributed by atoms with Gasteiger partial charge in [-0.25, -0.2) is 0 Å². The number of fused-ring (bicyclic) bond motifs is 2. The van der Waals surface area contributed by atoms with E-state index in [-0.39, 0.29) is 5.41 Å². The first kappa shape index (κ1) is 29.5. The van der Waals surface area contributed by atoms with E-state index in [0.29, 0.717) is 0 Å². The lowest BCUT2D eigenvalue weighted by Crippen LogP contribution is -2.12. The second-order valence-corrected chi connectivity index (χ2v) is 13.4. The largest absolute Gasteiger partial charge is 0.456 e. The van der Waals surface area contributed by atoms with Crippen LogP contribution in [0.2, 0.25) is 0 Å². The molecule has 2 nitrogen and oxygen atoms in total. The predicted octanol–water partition coefficient (Wildman–Crippen LogP) is 13.4. The first-order valence-electron chi connectivity index (χ1n) is 16.6. The van der Waals surface area contributed by atoms with E-state index in [0.717, 1.165) is 39.5 Å². The number of hydrogen-bond acceptors (Lipinski definition) is 2. The third kappa shape index (κ3) is 5.46. The smallest absolute Gasteiger partial charge is 0.139 e. The monoisotopic (exact) mass is 619 g/mol. The van der Waals surface area contributed by atoms with Gasteiger partial charge in [0.05, 0.1) is 5.69 Å². The fourth-order valence-electron chi connectivity index (χ4n) is 6.91. The van der Waals surface area contributed by atoms with E-state index in [1.807, 2.05) is 6.07 Å². The minimum Gasteiger partial charge on any atom is -0.456 e. The van der Waals surface area contributed by atoms with Gasteiger partial charge in [0.1, 0.15) is 11.3 Å².